The van der Waals surface area contributed by atoms with Gasteiger partial charge < -0.3 is 15.4 Å². The zero-order chi connectivity index (χ0) is 18.9. The Bertz CT molecular complexity index is 742. The van der Waals surface area contributed by atoms with Crippen LogP contribution in [0.1, 0.15) is 6.42 Å². The Morgan fingerprint density at radius 3 is 2.69 bits per heavy atom. The number of aromatic nitrogens is 1. The van der Waals surface area contributed by atoms with Gasteiger partial charge in [0.25, 0.3) is 0 Å². The molecular formula is C15H16BrN5O2S3. The number of hydrazine groups is 1. The number of carbonyl (C=O) groups excluding carboxylic acids is 2. The summed E-state index contributed by atoms with van der Waals surface area (Å²) in [6.07, 6.45) is 2.28. The highest BCUT2D eigenvalue weighted by Crippen LogP contribution is 2.18. The monoisotopic (exact) mass is 473 g/mol. The molecule has 0 aliphatic heterocycles. The SMILES string of the molecule is O=CC(CC(=O)NNC(=S)Nc1ccc(Br)cc1)C(S)Nc1nccs1. The molecule has 0 radical (unpaired) electrons. The van der Waals surface area contributed by atoms with Crippen LogP contribution < -0.4 is 21.5 Å². The molecular weight excluding hydrogens is 458 g/mol. The van der Waals surface area contributed by atoms with Crippen molar-refractivity contribution >= 4 is 80.2 Å². The average Bonchev–Trinajstić information content (AvgIpc) is 3.12. The summed E-state index contributed by atoms with van der Waals surface area (Å²) < 4.78 is 0.947. The van der Waals surface area contributed by atoms with Crippen LogP contribution in [0.15, 0.2) is 40.3 Å². The number of amides is 1. The predicted molar refractivity (Wildman–Crippen MR) is 114 cm³/mol. The molecule has 26 heavy (non-hydrogen) atoms. The molecule has 0 saturated heterocycles. The molecule has 2 atom stereocenters. The fraction of sp³-hybridized carbons (Fsp3) is 0.200. The number of nitrogens with zero attached hydrogens (tertiary/aromatic N) is 1. The lowest BCUT2D eigenvalue weighted by Gasteiger charge is -2.19. The van der Waals surface area contributed by atoms with Crippen molar-refractivity contribution in [1.82, 2.24) is 15.8 Å². The number of rotatable bonds is 7. The van der Waals surface area contributed by atoms with E-state index in [1.165, 1.54) is 11.3 Å². The van der Waals surface area contributed by atoms with E-state index >= 15 is 0 Å². The number of hydrogen-bond acceptors (Lipinski definition) is 7. The second-order valence-corrected chi connectivity index (χ2v) is 7.84. The molecule has 2 rings (SSSR count). The van der Waals surface area contributed by atoms with Crippen molar-refractivity contribution in [3.8, 4) is 0 Å². The van der Waals surface area contributed by atoms with Gasteiger partial charge in [0.15, 0.2) is 10.2 Å². The van der Waals surface area contributed by atoms with Crippen LogP contribution in [0.2, 0.25) is 0 Å². The first-order valence-corrected chi connectivity index (χ1v) is 9.98. The lowest BCUT2D eigenvalue weighted by Crippen LogP contribution is -2.45. The minimum atomic E-state index is -0.628. The second-order valence-electron chi connectivity index (χ2n) is 5.06. The van der Waals surface area contributed by atoms with Crippen molar-refractivity contribution in [1.29, 1.82) is 0 Å². The van der Waals surface area contributed by atoms with Gasteiger partial charge in [-0.1, -0.05) is 15.9 Å². The minimum absolute atomic E-state index is 0.0516. The van der Waals surface area contributed by atoms with Gasteiger partial charge in [0, 0.05) is 28.2 Å². The largest absolute Gasteiger partial charge is 0.349 e. The Hall–Kier alpha value is -1.69. The van der Waals surface area contributed by atoms with Gasteiger partial charge in [-0.3, -0.25) is 15.6 Å². The minimum Gasteiger partial charge on any atom is -0.349 e. The van der Waals surface area contributed by atoms with Crippen LogP contribution >= 0.6 is 52.1 Å². The Kier molecular flexibility index (Phi) is 8.29. The third-order valence-electron chi connectivity index (χ3n) is 3.12. The van der Waals surface area contributed by atoms with Crippen LogP contribution in [0.3, 0.4) is 0 Å². The van der Waals surface area contributed by atoms with Crippen molar-refractivity contribution in [3.05, 3.63) is 40.3 Å². The van der Waals surface area contributed by atoms with E-state index in [0.717, 1.165) is 10.2 Å². The molecule has 0 fully saturated rings. The van der Waals surface area contributed by atoms with Crippen molar-refractivity contribution in [3.63, 3.8) is 0 Å². The summed E-state index contributed by atoms with van der Waals surface area (Å²) in [5.41, 5.74) is 5.83. The standard InChI is InChI=1S/C15H16BrN5O2S3/c16-10-1-3-11(4-2-10)18-14(25)21-20-12(23)7-9(8-22)13(24)19-15-17-5-6-26-15/h1-6,8-9,13,24H,7H2,(H,17,19)(H,20,23)(H2,18,21,25). The van der Waals surface area contributed by atoms with Crippen LogP contribution in [0.4, 0.5) is 10.8 Å². The first-order chi connectivity index (χ1) is 12.5. The average molecular weight is 474 g/mol. The third kappa shape index (κ3) is 6.90. The quantitative estimate of drug-likeness (QED) is 0.139. The van der Waals surface area contributed by atoms with E-state index in [1.54, 1.807) is 11.6 Å². The van der Waals surface area contributed by atoms with Gasteiger partial charge in [-0.25, -0.2) is 4.98 Å². The van der Waals surface area contributed by atoms with E-state index in [0.29, 0.717) is 11.4 Å². The lowest BCUT2D eigenvalue weighted by molar-refractivity contribution is -0.124. The summed E-state index contributed by atoms with van der Waals surface area (Å²) in [6.45, 7) is 0. The van der Waals surface area contributed by atoms with Crippen LogP contribution in [-0.4, -0.2) is 27.7 Å². The first kappa shape index (κ1) is 20.6. The number of halogens is 1. The summed E-state index contributed by atoms with van der Waals surface area (Å²) >= 11 is 14.2. The fourth-order valence-electron chi connectivity index (χ4n) is 1.85. The molecule has 1 aromatic heterocycles. The molecule has 11 heteroatoms. The molecule has 4 N–H and O–H groups in total. The van der Waals surface area contributed by atoms with Crippen molar-refractivity contribution in [2.24, 2.45) is 5.92 Å². The van der Waals surface area contributed by atoms with Crippen LogP contribution in [-0.2, 0) is 9.59 Å². The Morgan fingerprint density at radius 1 is 1.35 bits per heavy atom. The molecule has 0 aliphatic carbocycles. The summed E-state index contributed by atoms with van der Waals surface area (Å²) in [6, 6.07) is 7.39. The fourth-order valence-corrected chi connectivity index (χ4v) is 3.24. The van der Waals surface area contributed by atoms with Gasteiger partial charge in [-0.05, 0) is 36.5 Å². The summed E-state index contributed by atoms with van der Waals surface area (Å²) in [5.74, 6) is -1.01. The van der Waals surface area contributed by atoms with Gasteiger partial charge in [0.05, 0.1) is 11.3 Å². The van der Waals surface area contributed by atoms with Gasteiger partial charge in [-0.15, -0.1) is 11.3 Å². The molecule has 0 saturated carbocycles. The number of nitrogens with one attached hydrogen (secondary N) is 4. The predicted octanol–water partition coefficient (Wildman–Crippen LogP) is 2.80. The Labute approximate surface area is 173 Å². The molecule has 1 aromatic carbocycles. The maximum atomic E-state index is 12.0. The van der Waals surface area contributed by atoms with E-state index in [-0.39, 0.29) is 17.4 Å². The number of benzene rings is 1. The first-order valence-electron chi connectivity index (χ1n) is 7.38. The molecule has 0 bridgehead atoms. The van der Waals surface area contributed by atoms with Crippen molar-refractivity contribution in [2.45, 2.75) is 11.8 Å². The second kappa shape index (κ2) is 10.5. The summed E-state index contributed by atoms with van der Waals surface area (Å²) in [5, 5.41) is 8.04. The lowest BCUT2D eigenvalue weighted by atomic mass is 10.1. The number of carbonyl (C=O) groups is 2. The van der Waals surface area contributed by atoms with Gasteiger partial charge in [-0.2, -0.15) is 12.6 Å². The zero-order valence-corrected chi connectivity index (χ0v) is 17.4. The van der Waals surface area contributed by atoms with Gasteiger partial charge in [0.1, 0.15) is 6.29 Å². The number of aldehydes is 1. The van der Waals surface area contributed by atoms with E-state index < -0.39 is 11.3 Å². The Morgan fingerprint density at radius 2 is 2.08 bits per heavy atom. The summed E-state index contributed by atoms with van der Waals surface area (Å²) in [4.78, 5) is 27.3. The van der Waals surface area contributed by atoms with E-state index in [1.807, 2.05) is 24.3 Å². The number of thiazole rings is 1. The normalized spacial score (nSPS) is 12.5. The molecule has 7 nitrogen and oxygen atoms in total. The molecule has 1 amide bonds. The smallest absolute Gasteiger partial charge is 0.239 e. The highest BCUT2D eigenvalue weighted by molar-refractivity contribution is 9.10. The van der Waals surface area contributed by atoms with Crippen LogP contribution in [0.5, 0.6) is 0 Å². The third-order valence-corrected chi connectivity index (χ3v) is 5.07. The number of anilines is 2. The zero-order valence-electron chi connectivity index (χ0n) is 13.3. The number of thiol groups is 1. The van der Waals surface area contributed by atoms with Crippen LogP contribution in [0, 0.1) is 5.92 Å². The highest BCUT2D eigenvalue weighted by atomic mass is 79.9. The van der Waals surface area contributed by atoms with Gasteiger partial charge >= 0.3 is 0 Å². The molecule has 138 valence electrons. The Balaban J connectivity index is 1.76. The topological polar surface area (TPSA) is 95.2 Å². The number of thiocarbonyl (C=S) groups is 1. The maximum absolute atomic E-state index is 12.0. The maximum Gasteiger partial charge on any atom is 0.239 e. The van der Waals surface area contributed by atoms with Crippen molar-refractivity contribution in [2.75, 3.05) is 10.6 Å². The molecule has 1 heterocycles. The van der Waals surface area contributed by atoms with E-state index in [4.69, 9.17) is 12.2 Å². The number of hydrogen-bond donors (Lipinski definition) is 5. The molecule has 0 aliphatic rings. The summed E-state index contributed by atoms with van der Waals surface area (Å²) in [7, 11) is 0. The molecule has 2 unspecified atom stereocenters. The van der Waals surface area contributed by atoms with Gasteiger partial charge in [0.2, 0.25) is 5.91 Å². The van der Waals surface area contributed by atoms with E-state index in [9.17, 15) is 9.59 Å². The molecule has 2 aromatic rings. The highest BCUT2D eigenvalue weighted by Gasteiger charge is 2.21. The van der Waals surface area contributed by atoms with E-state index in [2.05, 4.69) is 55.0 Å². The molecule has 0 spiro atoms. The van der Waals surface area contributed by atoms with Crippen LogP contribution in [0.25, 0.3) is 0 Å². The van der Waals surface area contributed by atoms with Crippen molar-refractivity contribution < 1.29 is 9.59 Å².